The number of nitrogens with zero attached hydrogens (tertiary/aromatic N) is 6. The predicted octanol–water partition coefficient (Wildman–Crippen LogP) is 1.61. The summed E-state index contributed by atoms with van der Waals surface area (Å²) in [5, 5.41) is 5.28. The molecule has 24 heavy (non-hydrogen) atoms. The lowest BCUT2D eigenvalue weighted by molar-refractivity contribution is 0.312. The Morgan fingerprint density at radius 2 is 2.17 bits per heavy atom. The van der Waals surface area contributed by atoms with E-state index in [1.807, 2.05) is 26.1 Å². The molecule has 0 bridgehead atoms. The van der Waals surface area contributed by atoms with Gasteiger partial charge in [-0.2, -0.15) is 0 Å². The van der Waals surface area contributed by atoms with Crippen molar-refractivity contribution in [2.24, 2.45) is 7.05 Å². The minimum Gasteiger partial charge on any atom is -0.474 e. The maximum absolute atomic E-state index is 6.07. The van der Waals surface area contributed by atoms with Crippen LogP contribution in [0.2, 0.25) is 0 Å². The highest BCUT2D eigenvalue weighted by molar-refractivity contribution is 5.93. The van der Waals surface area contributed by atoms with Gasteiger partial charge in [-0.3, -0.25) is 0 Å². The largest absolute Gasteiger partial charge is 0.474 e. The molecule has 1 aliphatic heterocycles. The van der Waals surface area contributed by atoms with Gasteiger partial charge in [0, 0.05) is 18.8 Å². The fraction of sp³-hybridized carbons (Fsp3) is 0.375. The first-order valence-corrected chi connectivity index (χ1v) is 7.87. The van der Waals surface area contributed by atoms with Crippen LogP contribution in [0, 0.1) is 6.92 Å². The monoisotopic (exact) mass is 325 g/mol. The van der Waals surface area contributed by atoms with Crippen molar-refractivity contribution in [1.82, 2.24) is 24.7 Å². The number of aromatic nitrogens is 5. The molecule has 3 aromatic heterocycles. The number of nitrogen functional groups attached to an aromatic ring is 1. The Morgan fingerprint density at radius 3 is 2.96 bits per heavy atom. The normalized spacial score (nSPS) is 15.2. The summed E-state index contributed by atoms with van der Waals surface area (Å²) in [5.74, 6) is 2.64. The number of rotatable bonds is 2. The Labute approximate surface area is 139 Å². The third-order valence-corrected chi connectivity index (χ3v) is 4.38. The van der Waals surface area contributed by atoms with E-state index in [4.69, 9.17) is 10.5 Å². The molecule has 3 aromatic rings. The molecule has 0 fully saturated rings. The fourth-order valence-electron chi connectivity index (χ4n) is 3.19. The standard InChI is InChI=1S/C16H19N7O/c1-9(11-5-4-6-18-13(11)17)23-7-8-24-16-12-14(22(3)21-16)19-10(2)20-15(12)23/h4-6,9H,7-8H2,1-3H3,(H2,17,18). The molecule has 0 amide bonds. The van der Waals surface area contributed by atoms with Gasteiger partial charge in [0.15, 0.2) is 5.65 Å². The summed E-state index contributed by atoms with van der Waals surface area (Å²) in [7, 11) is 1.86. The zero-order chi connectivity index (χ0) is 16.8. The zero-order valence-corrected chi connectivity index (χ0v) is 13.9. The van der Waals surface area contributed by atoms with E-state index in [0.29, 0.717) is 30.7 Å². The first-order valence-electron chi connectivity index (χ1n) is 7.87. The second-order valence-corrected chi connectivity index (χ2v) is 5.92. The van der Waals surface area contributed by atoms with E-state index in [2.05, 4.69) is 31.9 Å². The minimum absolute atomic E-state index is 0.00551. The van der Waals surface area contributed by atoms with E-state index in [-0.39, 0.29) is 6.04 Å². The molecular weight excluding hydrogens is 306 g/mol. The van der Waals surface area contributed by atoms with Crippen LogP contribution in [0.25, 0.3) is 11.0 Å². The number of nitrogens with two attached hydrogens (primary N) is 1. The van der Waals surface area contributed by atoms with Crippen molar-refractivity contribution in [3.63, 3.8) is 0 Å². The molecule has 4 rings (SSSR count). The highest BCUT2D eigenvalue weighted by Gasteiger charge is 2.29. The fourth-order valence-corrected chi connectivity index (χ4v) is 3.19. The van der Waals surface area contributed by atoms with Crippen LogP contribution in [0.15, 0.2) is 18.3 Å². The third-order valence-electron chi connectivity index (χ3n) is 4.38. The molecule has 0 spiro atoms. The van der Waals surface area contributed by atoms with E-state index in [0.717, 1.165) is 22.4 Å². The van der Waals surface area contributed by atoms with Crippen molar-refractivity contribution in [2.45, 2.75) is 19.9 Å². The smallest absolute Gasteiger partial charge is 0.246 e. The van der Waals surface area contributed by atoms with Gasteiger partial charge in [-0.05, 0) is 19.9 Å². The number of hydrogen-bond donors (Lipinski definition) is 1. The van der Waals surface area contributed by atoms with Gasteiger partial charge in [-0.25, -0.2) is 19.6 Å². The summed E-state index contributed by atoms with van der Waals surface area (Å²) in [5.41, 5.74) is 7.81. The molecule has 0 aromatic carbocycles. The summed E-state index contributed by atoms with van der Waals surface area (Å²) >= 11 is 0. The molecule has 2 N–H and O–H groups in total. The summed E-state index contributed by atoms with van der Waals surface area (Å²) < 4.78 is 7.56. The summed E-state index contributed by atoms with van der Waals surface area (Å²) in [6, 6.07) is 3.90. The van der Waals surface area contributed by atoms with Crippen LogP contribution in [0.1, 0.15) is 24.4 Å². The van der Waals surface area contributed by atoms with Gasteiger partial charge >= 0.3 is 0 Å². The lowest BCUT2D eigenvalue weighted by Gasteiger charge is -2.30. The van der Waals surface area contributed by atoms with Gasteiger partial charge in [0.05, 0.1) is 12.6 Å². The number of ether oxygens (including phenoxy) is 1. The Morgan fingerprint density at radius 1 is 1.33 bits per heavy atom. The van der Waals surface area contributed by atoms with Crippen LogP contribution in [-0.2, 0) is 7.05 Å². The van der Waals surface area contributed by atoms with Gasteiger partial charge < -0.3 is 15.4 Å². The highest BCUT2D eigenvalue weighted by Crippen LogP contribution is 2.38. The minimum atomic E-state index is 0.00551. The lowest BCUT2D eigenvalue weighted by atomic mass is 10.1. The first kappa shape index (κ1) is 14.7. The maximum atomic E-state index is 6.07. The summed E-state index contributed by atoms with van der Waals surface area (Å²) in [4.78, 5) is 15.6. The number of pyridine rings is 1. The molecule has 1 unspecified atom stereocenters. The molecule has 0 saturated carbocycles. The topological polar surface area (TPSA) is 95.0 Å². The van der Waals surface area contributed by atoms with Crippen molar-refractivity contribution in [3.8, 4) is 5.88 Å². The van der Waals surface area contributed by atoms with Gasteiger partial charge in [-0.1, -0.05) is 6.07 Å². The van der Waals surface area contributed by atoms with E-state index in [1.165, 1.54) is 0 Å². The Kier molecular flexibility index (Phi) is 3.26. The Hall–Kier alpha value is -2.90. The van der Waals surface area contributed by atoms with Gasteiger partial charge in [0.1, 0.15) is 29.5 Å². The zero-order valence-electron chi connectivity index (χ0n) is 13.9. The van der Waals surface area contributed by atoms with Crippen molar-refractivity contribution >= 4 is 22.7 Å². The molecule has 1 atom stereocenters. The SMILES string of the molecule is Cc1nc2c3c(nn(C)c3n1)OCCN2C(C)c1cccnc1N. The molecule has 0 saturated heterocycles. The number of anilines is 2. The third kappa shape index (κ3) is 2.14. The van der Waals surface area contributed by atoms with Crippen molar-refractivity contribution < 1.29 is 4.74 Å². The van der Waals surface area contributed by atoms with E-state index in [9.17, 15) is 0 Å². The van der Waals surface area contributed by atoms with E-state index in [1.54, 1.807) is 10.9 Å². The van der Waals surface area contributed by atoms with Crippen molar-refractivity contribution in [2.75, 3.05) is 23.8 Å². The number of hydrogen-bond acceptors (Lipinski definition) is 7. The number of aryl methyl sites for hydroxylation is 2. The molecule has 0 radical (unpaired) electrons. The summed E-state index contributed by atoms with van der Waals surface area (Å²) in [6.07, 6.45) is 1.70. The van der Waals surface area contributed by atoms with Gasteiger partial charge in [0.2, 0.25) is 5.88 Å². The van der Waals surface area contributed by atoms with Gasteiger partial charge in [-0.15, -0.1) is 5.10 Å². The van der Waals surface area contributed by atoms with Gasteiger partial charge in [0.25, 0.3) is 0 Å². The second kappa shape index (κ2) is 5.33. The van der Waals surface area contributed by atoms with E-state index >= 15 is 0 Å². The van der Waals surface area contributed by atoms with Crippen LogP contribution in [-0.4, -0.2) is 37.9 Å². The highest BCUT2D eigenvalue weighted by atomic mass is 16.5. The average molecular weight is 325 g/mol. The molecule has 8 nitrogen and oxygen atoms in total. The lowest BCUT2D eigenvalue weighted by Crippen LogP contribution is -2.31. The molecule has 8 heteroatoms. The quantitative estimate of drug-likeness (QED) is 0.764. The average Bonchev–Trinajstić information content (AvgIpc) is 2.75. The van der Waals surface area contributed by atoms with Crippen molar-refractivity contribution in [1.29, 1.82) is 0 Å². The molecule has 0 aliphatic carbocycles. The second-order valence-electron chi connectivity index (χ2n) is 5.92. The maximum Gasteiger partial charge on any atom is 0.246 e. The van der Waals surface area contributed by atoms with Crippen LogP contribution in [0.3, 0.4) is 0 Å². The molecule has 124 valence electrons. The first-order chi connectivity index (χ1) is 11.6. The molecular formula is C16H19N7O. The Bertz CT molecular complexity index is 920. The molecule has 4 heterocycles. The summed E-state index contributed by atoms with van der Waals surface area (Å²) in [6.45, 7) is 5.18. The van der Waals surface area contributed by atoms with Crippen molar-refractivity contribution in [3.05, 3.63) is 29.7 Å². The predicted molar refractivity (Wildman–Crippen MR) is 90.9 cm³/mol. The Balaban J connectivity index is 1.91. The van der Waals surface area contributed by atoms with E-state index < -0.39 is 0 Å². The molecule has 1 aliphatic rings. The van der Waals surface area contributed by atoms with Crippen LogP contribution in [0.5, 0.6) is 5.88 Å². The van der Waals surface area contributed by atoms with Crippen LogP contribution >= 0.6 is 0 Å². The van der Waals surface area contributed by atoms with Crippen LogP contribution in [0.4, 0.5) is 11.6 Å². The van der Waals surface area contributed by atoms with Crippen LogP contribution < -0.4 is 15.4 Å².